The van der Waals surface area contributed by atoms with Crippen LogP contribution >= 0.6 is 0 Å². The fourth-order valence-electron chi connectivity index (χ4n) is 2.63. The van der Waals surface area contributed by atoms with Crippen LogP contribution in [0.4, 0.5) is 0 Å². The molecule has 2 atom stereocenters. The number of nitrogens with one attached hydrogen (secondary N) is 1. The summed E-state index contributed by atoms with van der Waals surface area (Å²) >= 11 is 0. The van der Waals surface area contributed by atoms with E-state index in [-0.39, 0.29) is 0 Å². The molecular weight excluding hydrogens is 224 g/mol. The summed E-state index contributed by atoms with van der Waals surface area (Å²) in [5.41, 5.74) is 1.37. The first-order chi connectivity index (χ1) is 8.81. The third-order valence-corrected chi connectivity index (χ3v) is 3.63. The van der Waals surface area contributed by atoms with Gasteiger partial charge in [0.1, 0.15) is 0 Å². The molecule has 0 aromatic heterocycles. The standard InChI is InChI=1S/C15H24N2O/c1-16-11-15(13-7-4-3-5-8-13)17(2)12-14-9-6-10-18-14/h3-5,7-8,14-16H,6,9-12H2,1-2H3. The second-order valence-corrected chi connectivity index (χ2v) is 5.06. The maximum absolute atomic E-state index is 5.73. The van der Waals surface area contributed by atoms with Gasteiger partial charge in [-0.15, -0.1) is 0 Å². The van der Waals surface area contributed by atoms with Crippen molar-refractivity contribution in [2.75, 3.05) is 33.8 Å². The molecular formula is C15H24N2O. The molecule has 2 unspecified atom stereocenters. The summed E-state index contributed by atoms with van der Waals surface area (Å²) in [5.74, 6) is 0. The normalized spacial score (nSPS) is 21.4. The average molecular weight is 248 g/mol. The quantitative estimate of drug-likeness (QED) is 0.834. The van der Waals surface area contributed by atoms with Gasteiger partial charge in [-0.3, -0.25) is 4.90 Å². The van der Waals surface area contributed by atoms with Gasteiger partial charge >= 0.3 is 0 Å². The maximum atomic E-state index is 5.73. The van der Waals surface area contributed by atoms with Crippen molar-refractivity contribution < 1.29 is 4.74 Å². The first-order valence-corrected chi connectivity index (χ1v) is 6.82. The van der Waals surface area contributed by atoms with Gasteiger partial charge < -0.3 is 10.1 Å². The van der Waals surface area contributed by atoms with Crippen LogP contribution < -0.4 is 5.32 Å². The number of ether oxygens (including phenoxy) is 1. The third-order valence-electron chi connectivity index (χ3n) is 3.63. The lowest BCUT2D eigenvalue weighted by Gasteiger charge is -2.30. The largest absolute Gasteiger partial charge is 0.377 e. The second kappa shape index (κ2) is 6.88. The highest BCUT2D eigenvalue weighted by Gasteiger charge is 2.22. The lowest BCUT2D eigenvalue weighted by Crippen LogP contribution is -2.36. The van der Waals surface area contributed by atoms with Gasteiger partial charge in [0, 0.05) is 25.7 Å². The SMILES string of the molecule is CNCC(c1ccccc1)N(C)CC1CCCO1. The van der Waals surface area contributed by atoms with Crippen molar-refractivity contribution in [3.8, 4) is 0 Å². The number of hydrogen-bond acceptors (Lipinski definition) is 3. The summed E-state index contributed by atoms with van der Waals surface area (Å²) in [7, 11) is 4.20. The van der Waals surface area contributed by atoms with Crippen LogP contribution in [0.1, 0.15) is 24.4 Å². The van der Waals surface area contributed by atoms with E-state index in [4.69, 9.17) is 4.74 Å². The maximum Gasteiger partial charge on any atom is 0.0702 e. The van der Waals surface area contributed by atoms with Crippen LogP contribution in [0.5, 0.6) is 0 Å². The smallest absolute Gasteiger partial charge is 0.0702 e. The number of benzene rings is 1. The summed E-state index contributed by atoms with van der Waals surface area (Å²) < 4.78 is 5.73. The van der Waals surface area contributed by atoms with Crippen LogP contribution in [0.2, 0.25) is 0 Å². The molecule has 0 spiro atoms. The summed E-state index contributed by atoms with van der Waals surface area (Å²) in [5, 5.41) is 3.29. The van der Waals surface area contributed by atoms with Crippen LogP contribution in [0, 0.1) is 0 Å². The molecule has 0 saturated carbocycles. The zero-order chi connectivity index (χ0) is 12.8. The Morgan fingerprint density at radius 2 is 2.17 bits per heavy atom. The van der Waals surface area contributed by atoms with Gasteiger partial charge in [0.25, 0.3) is 0 Å². The Morgan fingerprint density at radius 1 is 1.39 bits per heavy atom. The van der Waals surface area contributed by atoms with E-state index >= 15 is 0 Å². The highest BCUT2D eigenvalue weighted by atomic mass is 16.5. The fourth-order valence-corrected chi connectivity index (χ4v) is 2.63. The molecule has 3 nitrogen and oxygen atoms in total. The molecule has 0 radical (unpaired) electrons. The Kier molecular flexibility index (Phi) is 5.17. The minimum Gasteiger partial charge on any atom is -0.377 e. The topological polar surface area (TPSA) is 24.5 Å². The van der Waals surface area contributed by atoms with E-state index in [1.54, 1.807) is 0 Å². The van der Waals surface area contributed by atoms with Gasteiger partial charge in [-0.25, -0.2) is 0 Å². The van der Waals surface area contributed by atoms with Crippen LogP contribution in [0.15, 0.2) is 30.3 Å². The monoisotopic (exact) mass is 248 g/mol. The Bertz CT molecular complexity index is 336. The Balaban J connectivity index is 1.99. The predicted molar refractivity (Wildman–Crippen MR) is 74.7 cm³/mol. The Morgan fingerprint density at radius 3 is 2.78 bits per heavy atom. The average Bonchev–Trinajstić information content (AvgIpc) is 2.89. The van der Waals surface area contributed by atoms with Crippen molar-refractivity contribution in [1.82, 2.24) is 10.2 Å². The summed E-state index contributed by atoms with van der Waals surface area (Å²) in [6, 6.07) is 11.1. The van der Waals surface area contributed by atoms with E-state index in [1.807, 2.05) is 7.05 Å². The molecule has 1 heterocycles. The predicted octanol–water partition coefficient (Wildman–Crippen LogP) is 2.06. The van der Waals surface area contributed by atoms with Crippen LogP contribution in [0.3, 0.4) is 0 Å². The summed E-state index contributed by atoms with van der Waals surface area (Å²) in [6.07, 6.45) is 2.82. The van der Waals surface area contributed by atoms with E-state index < -0.39 is 0 Å². The molecule has 1 aliphatic rings. The molecule has 0 aliphatic carbocycles. The first kappa shape index (κ1) is 13.5. The number of rotatable bonds is 6. The zero-order valence-corrected chi connectivity index (χ0v) is 11.4. The van der Waals surface area contributed by atoms with Gasteiger partial charge in [0.2, 0.25) is 0 Å². The molecule has 1 saturated heterocycles. The number of likely N-dealkylation sites (N-methyl/N-ethyl adjacent to an activating group) is 2. The van der Waals surface area contributed by atoms with Crippen molar-refractivity contribution in [1.29, 1.82) is 0 Å². The molecule has 1 aromatic carbocycles. The molecule has 2 rings (SSSR count). The van der Waals surface area contributed by atoms with Crippen molar-refractivity contribution >= 4 is 0 Å². The van der Waals surface area contributed by atoms with Gasteiger partial charge in [-0.1, -0.05) is 30.3 Å². The van der Waals surface area contributed by atoms with E-state index in [2.05, 4.69) is 47.6 Å². The minimum absolute atomic E-state index is 0.415. The van der Waals surface area contributed by atoms with Crippen LogP contribution in [-0.4, -0.2) is 44.8 Å². The molecule has 3 heteroatoms. The molecule has 1 aromatic rings. The summed E-state index contributed by atoms with van der Waals surface area (Å²) in [4.78, 5) is 2.40. The lowest BCUT2D eigenvalue weighted by molar-refractivity contribution is 0.0679. The summed E-state index contributed by atoms with van der Waals surface area (Å²) in [6.45, 7) is 2.91. The van der Waals surface area contributed by atoms with Gasteiger partial charge in [-0.05, 0) is 32.5 Å². The number of nitrogens with zero attached hydrogens (tertiary/aromatic N) is 1. The van der Waals surface area contributed by atoms with Crippen LogP contribution in [-0.2, 0) is 4.74 Å². The van der Waals surface area contributed by atoms with Crippen molar-refractivity contribution in [2.45, 2.75) is 25.0 Å². The molecule has 1 aliphatic heterocycles. The third kappa shape index (κ3) is 3.55. The van der Waals surface area contributed by atoms with Crippen molar-refractivity contribution in [3.05, 3.63) is 35.9 Å². The van der Waals surface area contributed by atoms with E-state index in [0.29, 0.717) is 12.1 Å². The molecule has 1 fully saturated rings. The lowest BCUT2D eigenvalue weighted by atomic mass is 10.0. The molecule has 18 heavy (non-hydrogen) atoms. The van der Waals surface area contributed by atoms with Crippen molar-refractivity contribution in [3.63, 3.8) is 0 Å². The fraction of sp³-hybridized carbons (Fsp3) is 0.600. The first-order valence-electron chi connectivity index (χ1n) is 6.82. The van der Waals surface area contributed by atoms with Gasteiger partial charge in [0.05, 0.1) is 6.10 Å². The molecule has 100 valence electrons. The van der Waals surface area contributed by atoms with E-state index in [1.165, 1.54) is 18.4 Å². The van der Waals surface area contributed by atoms with E-state index in [0.717, 1.165) is 19.7 Å². The number of hydrogen-bond donors (Lipinski definition) is 1. The van der Waals surface area contributed by atoms with Gasteiger partial charge in [-0.2, -0.15) is 0 Å². The van der Waals surface area contributed by atoms with Crippen LogP contribution in [0.25, 0.3) is 0 Å². The highest BCUT2D eigenvalue weighted by molar-refractivity contribution is 5.19. The molecule has 1 N–H and O–H groups in total. The van der Waals surface area contributed by atoms with E-state index in [9.17, 15) is 0 Å². The molecule has 0 amide bonds. The minimum atomic E-state index is 0.415. The van der Waals surface area contributed by atoms with Gasteiger partial charge in [0.15, 0.2) is 0 Å². The second-order valence-electron chi connectivity index (χ2n) is 5.06. The highest BCUT2D eigenvalue weighted by Crippen LogP contribution is 2.21. The Labute approximate surface area is 110 Å². The zero-order valence-electron chi connectivity index (χ0n) is 11.4. The van der Waals surface area contributed by atoms with Crippen molar-refractivity contribution in [2.24, 2.45) is 0 Å². The molecule has 0 bridgehead atoms. The Hall–Kier alpha value is -0.900.